The quantitative estimate of drug-likeness (QED) is 0.732. The lowest BCUT2D eigenvalue weighted by atomic mass is 9.99. The summed E-state index contributed by atoms with van der Waals surface area (Å²) < 4.78 is 11.0. The van der Waals surface area contributed by atoms with E-state index < -0.39 is 24.4 Å². The molecule has 1 aliphatic heterocycles. The van der Waals surface area contributed by atoms with Crippen LogP contribution in [0.15, 0.2) is 64.1 Å². The molecular formula is C18H17N3O5. The van der Waals surface area contributed by atoms with Crippen molar-refractivity contribution in [3.8, 4) is 16.9 Å². The second kappa shape index (κ2) is 7.92. The van der Waals surface area contributed by atoms with Crippen molar-refractivity contribution < 1.29 is 9.47 Å². The summed E-state index contributed by atoms with van der Waals surface area (Å²) in [5.41, 5.74) is 3.27. The lowest BCUT2D eigenvalue weighted by Gasteiger charge is -2.32. The summed E-state index contributed by atoms with van der Waals surface area (Å²) in [6, 6.07) is 11.8. The second-order valence-electron chi connectivity index (χ2n) is 6.02. The van der Waals surface area contributed by atoms with E-state index in [4.69, 9.17) is 9.47 Å². The summed E-state index contributed by atoms with van der Waals surface area (Å²) in [4.78, 5) is 32.8. The third-order valence-electron chi connectivity index (χ3n) is 4.40. The van der Waals surface area contributed by atoms with E-state index in [1.165, 1.54) is 0 Å². The molecule has 0 radical (unpaired) electrons. The first-order valence-corrected chi connectivity index (χ1v) is 8.09. The van der Waals surface area contributed by atoms with Crippen LogP contribution in [0.1, 0.15) is 5.56 Å². The SMILES string of the molecule is Cc1ccccc1-c1ccc(OC2OC[C@H](N=O)[C@H](N=O)C2N=O)cc1. The van der Waals surface area contributed by atoms with Gasteiger partial charge < -0.3 is 9.47 Å². The summed E-state index contributed by atoms with van der Waals surface area (Å²) in [5.74, 6) is 0.447. The molecule has 0 saturated carbocycles. The minimum atomic E-state index is -1.24. The Labute approximate surface area is 149 Å². The molecule has 26 heavy (non-hydrogen) atoms. The molecule has 2 unspecified atom stereocenters. The monoisotopic (exact) mass is 355 g/mol. The number of ether oxygens (including phenoxy) is 2. The molecule has 0 aliphatic carbocycles. The molecule has 0 spiro atoms. The minimum absolute atomic E-state index is 0.155. The topological polar surface area (TPSA) is 107 Å². The zero-order valence-electron chi connectivity index (χ0n) is 14.0. The maximum absolute atomic E-state index is 11.1. The first-order valence-electron chi connectivity index (χ1n) is 8.09. The van der Waals surface area contributed by atoms with Gasteiger partial charge in [0.15, 0.2) is 12.1 Å². The van der Waals surface area contributed by atoms with E-state index in [0.717, 1.165) is 16.7 Å². The Morgan fingerprint density at radius 3 is 2.23 bits per heavy atom. The summed E-state index contributed by atoms with van der Waals surface area (Å²) in [6.07, 6.45) is -1.10. The van der Waals surface area contributed by atoms with Crippen molar-refractivity contribution in [2.45, 2.75) is 31.3 Å². The number of aryl methyl sites for hydroxylation is 1. The standard InChI is InChI=1S/C18H17N3O5/c1-11-4-2-3-5-14(11)12-6-8-13(9-7-12)26-18-17(21-24)16(20-23)15(19-22)10-25-18/h2-9,15-18H,10H2,1H3/t15-,16-,17?,18?/m0/s1. The molecule has 2 aromatic carbocycles. The van der Waals surface area contributed by atoms with Gasteiger partial charge in [-0.2, -0.15) is 14.7 Å². The summed E-state index contributed by atoms with van der Waals surface area (Å²) in [7, 11) is 0. The molecule has 3 rings (SSSR count). The second-order valence-corrected chi connectivity index (χ2v) is 6.02. The van der Waals surface area contributed by atoms with E-state index in [2.05, 4.69) is 15.5 Å². The largest absolute Gasteiger partial charge is 0.462 e. The Morgan fingerprint density at radius 1 is 0.923 bits per heavy atom. The average molecular weight is 355 g/mol. The lowest BCUT2D eigenvalue weighted by molar-refractivity contribution is -0.128. The molecule has 0 bridgehead atoms. The van der Waals surface area contributed by atoms with Crippen LogP contribution >= 0.6 is 0 Å². The minimum Gasteiger partial charge on any atom is -0.462 e. The summed E-state index contributed by atoms with van der Waals surface area (Å²) >= 11 is 0. The molecule has 2 aromatic rings. The van der Waals surface area contributed by atoms with Gasteiger partial charge in [-0.25, -0.2) is 0 Å². The van der Waals surface area contributed by atoms with Gasteiger partial charge in [0.2, 0.25) is 6.29 Å². The van der Waals surface area contributed by atoms with Crippen molar-refractivity contribution in [1.29, 1.82) is 0 Å². The highest BCUT2D eigenvalue weighted by Crippen LogP contribution is 2.28. The number of nitrogens with zero attached hydrogens (tertiary/aromatic N) is 3. The van der Waals surface area contributed by atoms with Crippen LogP contribution in [0.2, 0.25) is 0 Å². The van der Waals surface area contributed by atoms with Crippen molar-refractivity contribution in [3.63, 3.8) is 0 Å². The highest BCUT2D eigenvalue weighted by molar-refractivity contribution is 5.67. The highest BCUT2D eigenvalue weighted by Gasteiger charge is 2.45. The van der Waals surface area contributed by atoms with Crippen molar-refractivity contribution >= 4 is 0 Å². The predicted molar refractivity (Wildman–Crippen MR) is 95.7 cm³/mol. The molecule has 0 N–H and O–H groups in total. The van der Waals surface area contributed by atoms with E-state index >= 15 is 0 Å². The average Bonchev–Trinajstić information content (AvgIpc) is 2.68. The van der Waals surface area contributed by atoms with Gasteiger partial charge in [0.1, 0.15) is 11.8 Å². The molecule has 134 valence electrons. The van der Waals surface area contributed by atoms with Crippen LogP contribution in [0.4, 0.5) is 0 Å². The van der Waals surface area contributed by atoms with Gasteiger partial charge in [-0.15, -0.1) is 0 Å². The molecular weight excluding hydrogens is 338 g/mol. The zero-order valence-corrected chi connectivity index (χ0v) is 14.0. The smallest absolute Gasteiger partial charge is 0.228 e. The molecule has 0 aromatic heterocycles. The van der Waals surface area contributed by atoms with E-state index in [-0.39, 0.29) is 6.61 Å². The van der Waals surface area contributed by atoms with Gasteiger partial charge in [-0.3, -0.25) is 0 Å². The summed E-state index contributed by atoms with van der Waals surface area (Å²) in [5, 5.41) is 8.44. The van der Waals surface area contributed by atoms with Crippen LogP contribution in [-0.4, -0.2) is 31.0 Å². The van der Waals surface area contributed by atoms with E-state index in [1.807, 2.05) is 43.3 Å². The van der Waals surface area contributed by atoms with Crippen LogP contribution in [0.3, 0.4) is 0 Å². The van der Waals surface area contributed by atoms with Crippen molar-refractivity contribution in [1.82, 2.24) is 0 Å². The van der Waals surface area contributed by atoms with E-state index in [0.29, 0.717) is 5.75 Å². The number of benzene rings is 2. The van der Waals surface area contributed by atoms with Gasteiger partial charge in [0.05, 0.1) is 6.61 Å². The van der Waals surface area contributed by atoms with Gasteiger partial charge in [-0.1, -0.05) is 51.9 Å². The number of nitroso groups, excluding NO2 is 3. The van der Waals surface area contributed by atoms with Crippen LogP contribution in [0.25, 0.3) is 11.1 Å². The summed E-state index contributed by atoms with van der Waals surface area (Å²) in [6.45, 7) is 1.87. The van der Waals surface area contributed by atoms with Crippen molar-refractivity contribution in [2.75, 3.05) is 6.61 Å². The molecule has 8 nitrogen and oxygen atoms in total. The fourth-order valence-corrected chi connectivity index (χ4v) is 2.96. The van der Waals surface area contributed by atoms with Gasteiger partial charge >= 0.3 is 0 Å². The molecule has 1 heterocycles. The first kappa shape index (κ1) is 17.8. The number of hydrogen-bond acceptors (Lipinski definition) is 8. The fraction of sp³-hybridized carbons (Fsp3) is 0.333. The van der Waals surface area contributed by atoms with Crippen LogP contribution < -0.4 is 4.74 Å². The van der Waals surface area contributed by atoms with Gasteiger partial charge in [0.25, 0.3) is 0 Å². The Balaban J connectivity index is 1.76. The van der Waals surface area contributed by atoms with Crippen LogP contribution in [-0.2, 0) is 4.74 Å². The predicted octanol–water partition coefficient (Wildman–Crippen LogP) is 3.80. The molecule has 4 atom stereocenters. The maximum Gasteiger partial charge on any atom is 0.228 e. The Kier molecular flexibility index (Phi) is 5.43. The van der Waals surface area contributed by atoms with Gasteiger partial charge in [-0.05, 0) is 35.7 Å². The lowest BCUT2D eigenvalue weighted by Crippen LogP contribution is -2.52. The number of hydrogen-bond donors (Lipinski definition) is 0. The molecule has 1 saturated heterocycles. The Morgan fingerprint density at radius 2 is 1.62 bits per heavy atom. The third kappa shape index (κ3) is 3.50. The van der Waals surface area contributed by atoms with Crippen LogP contribution in [0.5, 0.6) is 5.75 Å². The molecule has 0 amide bonds. The van der Waals surface area contributed by atoms with Crippen LogP contribution in [0, 0.1) is 21.6 Å². The fourth-order valence-electron chi connectivity index (χ4n) is 2.96. The van der Waals surface area contributed by atoms with Crippen molar-refractivity contribution in [2.24, 2.45) is 15.5 Å². The van der Waals surface area contributed by atoms with E-state index in [9.17, 15) is 14.7 Å². The van der Waals surface area contributed by atoms with Gasteiger partial charge in [0, 0.05) is 0 Å². The highest BCUT2D eigenvalue weighted by atomic mass is 16.7. The maximum atomic E-state index is 11.1. The Bertz CT molecular complexity index is 796. The van der Waals surface area contributed by atoms with Crippen molar-refractivity contribution in [3.05, 3.63) is 68.8 Å². The third-order valence-corrected chi connectivity index (χ3v) is 4.40. The molecule has 1 fully saturated rings. The molecule has 8 heteroatoms. The first-order chi connectivity index (χ1) is 12.7. The zero-order chi connectivity index (χ0) is 18.5. The number of rotatable bonds is 6. The van der Waals surface area contributed by atoms with E-state index in [1.54, 1.807) is 12.1 Å². The molecule has 1 aliphatic rings. The Hall–Kier alpha value is -3.00. The normalized spacial score (nSPS) is 25.3.